The zero-order valence-electron chi connectivity index (χ0n) is 11.3. The van der Waals surface area contributed by atoms with Crippen LogP contribution < -0.4 is 9.62 Å². The number of para-hydroxylation sites is 1. The molecular weight excluding hydrogens is 314 g/mol. The van der Waals surface area contributed by atoms with Crippen LogP contribution in [-0.4, -0.2) is 27.4 Å². The molecule has 7 nitrogen and oxygen atoms in total. The molecule has 0 saturated heterocycles. The van der Waals surface area contributed by atoms with E-state index in [0.717, 1.165) is 21.7 Å². The minimum Gasteiger partial charge on any atom is -0.374 e. The van der Waals surface area contributed by atoms with E-state index in [1.165, 1.54) is 14.1 Å². The Balaban J connectivity index is 2.47. The number of rotatable bonds is 5. The predicted octanol–water partition coefficient (Wildman–Crippen LogP) is 2.52. The number of sulfonamides is 1. The fourth-order valence-corrected chi connectivity index (χ4v) is 4.36. The second-order valence-corrected chi connectivity index (χ2v) is 7.34. The average molecular weight is 327 g/mol. The standard InChI is InChI=1S/C12H13N3O4S2/c1-13-12-10(15(16)17)8-11(20-12)21(18,19)14(2)9-6-4-3-5-7-9/h3-8,13H,1-2H3. The topological polar surface area (TPSA) is 92.6 Å². The summed E-state index contributed by atoms with van der Waals surface area (Å²) in [6.45, 7) is 0. The lowest BCUT2D eigenvalue weighted by Crippen LogP contribution is -2.25. The number of hydrogen-bond donors (Lipinski definition) is 1. The highest BCUT2D eigenvalue weighted by molar-refractivity contribution is 7.94. The molecule has 0 aliphatic carbocycles. The maximum absolute atomic E-state index is 12.5. The van der Waals surface area contributed by atoms with E-state index in [-0.39, 0.29) is 14.9 Å². The molecule has 0 amide bonds. The lowest BCUT2D eigenvalue weighted by atomic mass is 10.3. The van der Waals surface area contributed by atoms with Gasteiger partial charge in [-0.05, 0) is 12.1 Å². The van der Waals surface area contributed by atoms with Crippen molar-refractivity contribution in [1.29, 1.82) is 0 Å². The summed E-state index contributed by atoms with van der Waals surface area (Å²) in [6, 6.07) is 9.59. The van der Waals surface area contributed by atoms with E-state index in [9.17, 15) is 18.5 Å². The highest BCUT2D eigenvalue weighted by Gasteiger charge is 2.29. The molecule has 0 spiro atoms. The first-order chi connectivity index (χ1) is 9.87. The fraction of sp³-hybridized carbons (Fsp3) is 0.167. The van der Waals surface area contributed by atoms with Gasteiger partial charge in [0.1, 0.15) is 4.21 Å². The third-order valence-corrected chi connectivity index (χ3v) is 6.22. The molecule has 0 aliphatic heterocycles. The number of nitrogens with zero attached hydrogens (tertiary/aromatic N) is 2. The first-order valence-corrected chi connectivity index (χ1v) is 8.13. The van der Waals surface area contributed by atoms with Crippen LogP contribution in [0.4, 0.5) is 16.4 Å². The third-order valence-electron chi connectivity index (χ3n) is 2.85. The molecule has 0 unspecified atom stereocenters. The van der Waals surface area contributed by atoms with Crippen LogP contribution in [0.5, 0.6) is 0 Å². The molecule has 1 aromatic heterocycles. The van der Waals surface area contributed by atoms with Gasteiger partial charge in [-0.15, -0.1) is 0 Å². The second-order valence-electron chi connectivity index (χ2n) is 4.09. The zero-order chi connectivity index (χ0) is 15.6. The van der Waals surface area contributed by atoms with E-state index < -0.39 is 14.9 Å². The van der Waals surface area contributed by atoms with E-state index in [1.54, 1.807) is 30.3 Å². The van der Waals surface area contributed by atoms with Crippen LogP contribution in [0, 0.1) is 10.1 Å². The van der Waals surface area contributed by atoms with Crippen molar-refractivity contribution in [3.8, 4) is 0 Å². The molecule has 2 aromatic rings. The molecule has 1 aromatic carbocycles. The van der Waals surface area contributed by atoms with E-state index in [4.69, 9.17) is 0 Å². The van der Waals surface area contributed by atoms with Crippen LogP contribution in [-0.2, 0) is 10.0 Å². The SMILES string of the molecule is CNc1sc(S(=O)(=O)N(C)c2ccccc2)cc1[N+](=O)[O-]. The Morgan fingerprint density at radius 1 is 1.29 bits per heavy atom. The van der Waals surface area contributed by atoms with Crippen molar-refractivity contribution < 1.29 is 13.3 Å². The molecule has 2 rings (SSSR count). The molecule has 0 saturated carbocycles. The summed E-state index contributed by atoms with van der Waals surface area (Å²) in [5, 5.41) is 13.8. The number of thiophene rings is 1. The van der Waals surface area contributed by atoms with Crippen molar-refractivity contribution in [1.82, 2.24) is 0 Å². The lowest BCUT2D eigenvalue weighted by molar-refractivity contribution is -0.383. The van der Waals surface area contributed by atoms with Crippen LogP contribution in [0.2, 0.25) is 0 Å². The Labute approximate surface area is 126 Å². The summed E-state index contributed by atoms with van der Waals surface area (Å²) in [5.41, 5.74) is 0.238. The van der Waals surface area contributed by atoms with Gasteiger partial charge in [0.2, 0.25) is 0 Å². The van der Waals surface area contributed by atoms with E-state index in [1.807, 2.05) is 0 Å². The van der Waals surface area contributed by atoms with Crippen LogP contribution >= 0.6 is 11.3 Å². The van der Waals surface area contributed by atoms with Crippen molar-refractivity contribution in [2.45, 2.75) is 4.21 Å². The Hall–Kier alpha value is -2.13. The quantitative estimate of drug-likeness (QED) is 0.673. The summed E-state index contributed by atoms with van der Waals surface area (Å²) in [4.78, 5) is 10.3. The zero-order valence-corrected chi connectivity index (χ0v) is 12.9. The summed E-state index contributed by atoms with van der Waals surface area (Å²) in [7, 11) is -0.908. The molecule has 0 atom stereocenters. The minimum atomic E-state index is -3.83. The van der Waals surface area contributed by atoms with Crippen LogP contribution in [0.3, 0.4) is 0 Å². The number of hydrogen-bond acceptors (Lipinski definition) is 6. The van der Waals surface area contributed by atoms with Gasteiger partial charge in [0.05, 0.1) is 10.6 Å². The van der Waals surface area contributed by atoms with Crippen LogP contribution in [0.1, 0.15) is 0 Å². The monoisotopic (exact) mass is 327 g/mol. The van der Waals surface area contributed by atoms with Crippen LogP contribution in [0.15, 0.2) is 40.6 Å². The van der Waals surface area contributed by atoms with Crippen molar-refractivity contribution in [3.63, 3.8) is 0 Å². The normalized spacial score (nSPS) is 11.1. The van der Waals surface area contributed by atoms with Gasteiger partial charge >= 0.3 is 5.69 Å². The fourth-order valence-electron chi connectivity index (χ4n) is 1.71. The van der Waals surface area contributed by atoms with Gasteiger partial charge in [0.25, 0.3) is 10.0 Å². The smallest absolute Gasteiger partial charge is 0.304 e. The van der Waals surface area contributed by atoms with Crippen molar-refractivity contribution in [2.24, 2.45) is 0 Å². The van der Waals surface area contributed by atoms with Gasteiger partial charge in [0.15, 0.2) is 5.00 Å². The summed E-state index contributed by atoms with van der Waals surface area (Å²) < 4.78 is 26.1. The van der Waals surface area contributed by atoms with Gasteiger partial charge in [-0.3, -0.25) is 14.4 Å². The predicted molar refractivity (Wildman–Crippen MR) is 82.6 cm³/mol. The first-order valence-electron chi connectivity index (χ1n) is 5.88. The van der Waals surface area contributed by atoms with Gasteiger partial charge in [-0.2, -0.15) is 0 Å². The minimum absolute atomic E-state index is 0.0788. The maximum atomic E-state index is 12.5. The number of anilines is 2. The molecule has 0 aliphatic rings. The molecule has 0 radical (unpaired) electrons. The molecule has 21 heavy (non-hydrogen) atoms. The molecule has 9 heteroatoms. The molecule has 112 valence electrons. The van der Waals surface area contributed by atoms with Crippen molar-refractivity contribution in [3.05, 3.63) is 46.5 Å². The Morgan fingerprint density at radius 3 is 2.38 bits per heavy atom. The van der Waals surface area contributed by atoms with Crippen molar-refractivity contribution >= 4 is 37.7 Å². The Morgan fingerprint density at radius 2 is 1.90 bits per heavy atom. The highest BCUT2D eigenvalue weighted by Crippen LogP contribution is 2.38. The van der Waals surface area contributed by atoms with Crippen LogP contribution in [0.25, 0.3) is 0 Å². The number of benzene rings is 1. The summed E-state index contributed by atoms with van der Waals surface area (Å²) in [6.07, 6.45) is 0. The molecule has 1 heterocycles. The van der Waals surface area contributed by atoms with Crippen molar-refractivity contribution in [2.75, 3.05) is 23.7 Å². The van der Waals surface area contributed by atoms with Gasteiger partial charge in [0, 0.05) is 20.2 Å². The molecular formula is C12H13N3O4S2. The van der Waals surface area contributed by atoms with Gasteiger partial charge in [-0.25, -0.2) is 8.42 Å². The largest absolute Gasteiger partial charge is 0.374 e. The average Bonchev–Trinajstić information content (AvgIpc) is 2.92. The van der Waals surface area contributed by atoms with Gasteiger partial charge < -0.3 is 5.32 Å². The number of nitro groups is 1. The van der Waals surface area contributed by atoms with E-state index >= 15 is 0 Å². The molecule has 1 N–H and O–H groups in total. The Bertz CT molecular complexity index is 756. The molecule has 0 bridgehead atoms. The number of nitrogens with one attached hydrogen (secondary N) is 1. The van der Waals surface area contributed by atoms with E-state index in [0.29, 0.717) is 5.69 Å². The highest BCUT2D eigenvalue weighted by atomic mass is 32.2. The second kappa shape index (κ2) is 5.70. The Kier molecular flexibility index (Phi) is 4.14. The van der Waals surface area contributed by atoms with Gasteiger partial charge in [-0.1, -0.05) is 29.5 Å². The molecule has 0 fully saturated rings. The third kappa shape index (κ3) is 2.83. The summed E-state index contributed by atoms with van der Waals surface area (Å²) >= 11 is 0.835. The summed E-state index contributed by atoms with van der Waals surface area (Å²) in [5.74, 6) is 0. The first kappa shape index (κ1) is 15.3. The van der Waals surface area contributed by atoms with E-state index in [2.05, 4.69) is 5.32 Å². The maximum Gasteiger partial charge on any atom is 0.304 e. The lowest BCUT2D eigenvalue weighted by Gasteiger charge is -2.17.